The summed E-state index contributed by atoms with van der Waals surface area (Å²) in [6.45, 7) is 6.19. The van der Waals surface area contributed by atoms with E-state index in [9.17, 15) is 9.59 Å². The Morgan fingerprint density at radius 3 is 2.30 bits per heavy atom. The third-order valence-electron chi connectivity index (χ3n) is 5.06. The Kier molecular flexibility index (Phi) is 5.78. The molecule has 1 aromatic carbocycles. The number of benzene rings is 1. The van der Waals surface area contributed by atoms with E-state index in [1.807, 2.05) is 29.5 Å². The van der Waals surface area contributed by atoms with Crippen molar-refractivity contribution in [3.05, 3.63) is 48.0 Å². The molecule has 1 fully saturated rings. The smallest absolute Gasteiger partial charge is 0.253 e. The highest BCUT2D eigenvalue weighted by molar-refractivity contribution is 5.94. The zero-order valence-corrected chi connectivity index (χ0v) is 16.1. The number of ether oxygens (including phenoxy) is 1. The molecule has 0 N–H and O–H groups in total. The zero-order valence-electron chi connectivity index (χ0n) is 16.1. The maximum absolute atomic E-state index is 12.6. The third kappa shape index (κ3) is 4.30. The van der Waals surface area contributed by atoms with Crippen molar-refractivity contribution in [2.24, 2.45) is 0 Å². The second kappa shape index (κ2) is 8.24. The molecule has 2 heterocycles. The monoisotopic (exact) mass is 370 g/mol. The summed E-state index contributed by atoms with van der Waals surface area (Å²) >= 11 is 0. The lowest BCUT2D eigenvalue weighted by Crippen LogP contribution is -2.50. The molecule has 3 rings (SSSR count). The second-order valence-electron chi connectivity index (χ2n) is 6.84. The largest absolute Gasteiger partial charge is 0.497 e. The normalized spacial score (nSPS) is 15.5. The molecule has 7 nitrogen and oxygen atoms in total. The lowest BCUT2D eigenvalue weighted by molar-refractivity contribution is -0.133. The van der Waals surface area contributed by atoms with E-state index in [1.54, 1.807) is 42.5 Å². The van der Waals surface area contributed by atoms with E-state index in [4.69, 9.17) is 4.74 Å². The molecule has 144 valence electrons. The number of aryl methyl sites for hydroxylation is 1. The molecule has 1 atom stereocenters. The molecule has 2 amide bonds. The van der Waals surface area contributed by atoms with Crippen molar-refractivity contribution in [3.63, 3.8) is 0 Å². The first-order valence-corrected chi connectivity index (χ1v) is 9.20. The number of aromatic nitrogens is 2. The molecule has 0 saturated carbocycles. The lowest BCUT2D eigenvalue weighted by atomic mass is 10.1. The third-order valence-corrected chi connectivity index (χ3v) is 5.06. The van der Waals surface area contributed by atoms with Gasteiger partial charge in [0.05, 0.1) is 7.11 Å². The number of nitrogens with zero attached hydrogens (tertiary/aromatic N) is 4. The average Bonchev–Trinajstić information content (AvgIpc) is 3.13. The molecule has 1 aromatic heterocycles. The van der Waals surface area contributed by atoms with E-state index in [0.717, 1.165) is 11.6 Å². The van der Waals surface area contributed by atoms with Crippen molar-refractivity contribution < 1.29 is 14.3 Å². The van der Waals surface area contributed by atoms with Crippen LogP contribution in [0.4, 0.5) is 0 Å². The quantitative estimate of drug-likeness (QED) is 0.809. The first-order valence-electron chi connectivity index (χ1n) is 9.20. The van der Waals surface area contributed by atoms with Gasteiger partial charge >= 0.3 is 0 Å². The SMILES string of the molecule is COc1ccc(C(=O)N2CCN(C(=O)CC(C)n3ccnc3C)CC2)cc1. The number of imidazole rings is 1. The van der Waals surface area contributed by atoms with Crippen molar-refractivity contribution in [2.75, 3.05) is 33.3 Å². The van der Waals surface area contributed by atoms with Crippen LogP contribution in [0.5, 0.6) is 5.75 Å². The van der Waals surface area contributed by atoms with Crippen LogP contribution >= 0.6 is 0 Å². The van der Waals surface area contributed by atoms with Crippen LogP contribution in [0.2, 0.25) is 0 Å². The average molecular weight is 370 g/mol. The van der Waals surface area contributed by atoms with Crippen molar-refractivity contribution in [2.45, 2.75) is 26.3 Å². The summed E-state index contributed by atoms with van der Waals surface area (Å²) in [6.07, 6.45) is 4.09. The molecule has 7 heteroatoms. The van der Waals surface area contributed by atoms with E-state index >= 15 is 0 Å². The van der Waals surface area contributed by atoms with Crippen LogP contribution in [0.25, 0.3) is 0 Å². The molecular formula is C20H26N4O3. The summed E-state index contributed by atoms with van der Waals surface area (Å²) in [4.78, 5) is 33.1. The highest BCUT2D eigenvalue weighted by atomic mass is 16.5. The van der Waals surface area contributed by atoms with Gasteiger partial charge in [0.15, 0.2) is 0 Å². The van der Waals surface area contributed by atoms with Crippen LogP contribution in [0.15, 0.2) is 36.7 Å². The fraction of sp³-hybridized carbons (Fsp3) is 0.450. The molecule has 0 bridgehead atoms. The molecular weight excluding hydrogens is 344 g/mol. The molecule has 1 saturated heterocycles. The Labute approximate surface area is 159 Å². The van der Waals surface area contributed by atoms with Gasteiger partial charge in [-0.2, -0.15) is 0 Å². The standard InChI is InChI=1S/C20H26N4O3/c1-15(24-9-8-21-16(24)2)14-19(25)22-10-12-23(13-11-22)20(26)17-4-6-18(27-3)7-5-17/h4-9,15H,10-14H2,1-3H3. The minimum atomic E-state index is -0.00726. The molecule has 1 unspecified atom stereocenters. The Morgan fingerprint density at radius 2 is 1.74 bits per heavy atom. The number of hydrogen-bond acceptors (Lipinski definition) is 4. The number of piperazine rings is 1. The van der Waals surface area contributed by atoms with Gasteiger partial charge in [-0.25, -0.2) is 4.98 Å². The molecule has 0 radical (unpaired) electrons. The van der Waals surface area contributed by atoms with Gasteiger partial charge in [0.1, 0.15) is 11.6 Å². The molecule has 27 heavy (non-hydrogen) atoms. The van der Waals surface area contributed by atoms with Crippen molar-refractivity contribution in [1.29, 1.82) is 0 Å². The van der Waals surface area contributed by atoms with E-state index in [0.29, 0.717) is 38.2 Å². The Hall–Kier alpha value is -2.83. The minimum absolute atomic E-state index is 0.00726. The summed E-state index contributed by atoms with van der Waals surface area (Å²) in [5.41, 5.74) is 0.639. The highest BCUT2D eigenvalue weighted by Gasteiger charge is 2.26. The number of amides is 2. The number of hydrogen-bond donors (Lipinski definition) is 0. The number of rotatable bonds is 5. The minimum Gasteiger partial charge on any atom is -0.497 e. The van der Waals surface area contributed by atoms with Crippen LogP contribution in [0.3, 0.4) is 0 Å². The molecule has 2 aromatic rings. The maximum Gasteiger partial charge on any atom is 0.253 e. The van der Waals surface area contributed by atoms with Crippen molar-refractivity contribution in [3.8, 4) is 5.75 Å². The van der Waals surface area contributed by atoms with Gasteiger partial charge in [-0.05, 0) is 38.1 Å². The van der Waals surface area contributed by atoms with Gasteiger partial charge in [-0.15, -0.1) is 0 Å². The van der Waals surface area contributed by atoms with Gasteiger partial charge in [-0.1, -0.05) is 0 Å². The first-order chi connectivity index (χ1) is 13.0. The summed E-state index contributed by atoms with van der Waals surface area (Å²) in [5.74, 6) is 1.74. The van der Waals surface area contributed by atoms with Crippen LogP contribution in [0, 0.1) is 6.92 Å². The summed E-state index contributed by atoms with van der Waals surface area (Å²) in [7, 11) is 1.60. The van der Waals surface area contributed by atoms with Crippen molar-refractivity contribution in [1.82, 2.24) is 19.4 Å². The Morgan fingerprint density at radius 1 is 1.11 bits per heavy atom. The molecule has 0 spiro atoms. The predicted molar refractivity (Wildman–Crippen MR) is 102 cm³/mol. The van der Waals surface area contributed by atoms with E-state index in [2.05, 4.69) is 4.98 Å². The number of carbonyl (C=O) groups is 2. The lowest BCUT2D eigenvalue weighted by Gasteiger charge is -2.35. The topological polar surface area (TPSA) is 67.7 Å². The molecule has 1 aliphatic heterocycles. The van der Waals surface area contributed by atoms with Gasteiger partial charge in [0.2, 0.25) is 5.91 Å². The first kappa shape index (κ1) is 18.9. The Balaban J connectivity index is 1.52. The van der Waals surface area contributed by atoms with E-state index < -0.39 is 0 Å². The summed E-state index contributed by atoms with van der Waals surface area (Å²) in [6, 6.07) is 7.18. The van der Waals surface area contributed by atoms with Gasteiger partial charge in [0, 0.05) is 56.6 Å². The predicted octanol–water partition coefficient (Wildman–Crippen LogP) is 2.14. The Bertz CT molecular complexity index is 792. The van der Waals surface area contributed by atoms with Crippen LogP contribution in [0.1, 0.15) is 35.6 Å². The summed E-state index contributed by atoms with van der Waals surface area (Å²) in [5, 5.41) is 0. The maximum atomic E-state index is 12.6. The van der Waals surface area contributed by atoms with Crippen LogP contribution < -0.4 is 4.74 Å². The second-order valence-corrected chi connectivity index (χ2v) is 6.84. The van der Waals surface area contributed by atoms with Crippen LogP contribution in [-0.4, -0.2) is 64.5 Å². The van der Waals surface area contributed by atoms with E-state index in [-0.39, 0.29) is 17.9 Å². The molecule has 0 aliphatic carbocycles. The van der Waals surface area contributed by atoms with E-state index in [1.165, 1.54) is 0 Å². The number of methoxy groups -OCH3 is 1. The fourth-order valence-corrected chi connectivity index (χ4v) is 3.41. The van der Waals surface area contributed by atoms with Gasteiger partial charge in [0.25, 0.3) is 5.91 Å². The number of carbonyl (C=O) groups excluding carboxylic acids is 2. The summed E-state index contributed by atoms with van der Waals surface area (Å²) < 4.78 is 7.14. The highest BCUT2D eigenvalue weighted by Crippen LogP contribution is 2.17. The van der Waals surface area contributed by atoms with Crippen LogP contribution in [-0.2, 0) is 4.79 Å². The fourth-order valence-electron chi connectivity index (χ4n) is 3.41. The molecule has 1 aliphatic rings. The van der Waals surface area contributed by atoms with Crippen molar-refractivity contribution >= 4 is 11.8 Å². The van der Waals surface area contributed by atoms with Gasteiger partial charge in [-0.3, -0.25) is 9.59 Å². The zero-order chi connectivity index (χ0) is 19.4. The van der Waals surface area contributed by atoms with Gasteiger partial charge < -0.3 is 19.1 Å².